The molecule has 0 spiro atoms. The first-order chi connectivity index (χ1) is 9.31. The first-order valence-corrected chi connectivity index (χ1v) is 5.93. The normalized spacial score (nSPS) is 9.90. The molecule has 0 aromatic heterocycles. The monoisotopic (exact) mass is 300 g/mol. The van der Waals surface area contributed by atoms with Gasteiger partial charge in [0, 0.05) is 10.7 Å². The molecule has 0 fully saturated rings. The van der Waals surface area contributed by atoms with Crippen molar-refractivity contribution in [3.63, 3.8) is 0 Å². The topological polar surface area (TPSA) is 107 Å². The number of hydrogen-bond acceptors (Lipinski definition) is 3. The maximum atomic E-state index is 11.9. The van der Waals surface area contributed by atoms with Crippen molar-refractivity contribution in [2.45, 2.75) is 6.92 Å². The van der Waals surface area contributed by atoms with Crippen LogP contribution >= 0.6 is 11.6 Å². The van der Waals surface area contributed by atoms with E-state index in [4.69, 9.17) is 21.8 Å². The highest BCUT2D eigenvalue weighted by Crippen LogP contribution is 2.23. The summed E-state index contributed by atoms with van der Waals surface area (Å²) >= 11 is 5.89. The highest BCUT2D eigenvalue weighted by atomic mass is 35.5. The molecule has 0 aliphatic rings. The van der Waals surface area contributed by atoms with Crippen molar-refractivity contribution in [3.8, 4) is 0 Å². The van der Waals surface area contributed by atoms with Crippen molar-refractivity contribution in [2.75, 3.05) is 18.4 Å². The predicted molar refractivity (Wildman–Crippen MR) is 72.1 cm³/mol. The molecule has 0 saturated heterocycles. The largest absolute Gasteiger partial charge is 0.480 e. The van der Waals surface area contributed by atoms with E-state index in [1.165, 1.54) is 0 Å². The van der Waals surface area contributed by atoms with Gasteiger partial charge in [-0.2, -0.15) is 0 Å². The van der Waals surface area contributed by atoms with Crippen molar-refractivity contribution >= 4 is 35.3 Å². The van der Waals surface area contributed by atoms with E-state index in [1.54, 1.807) is 25.1 Å². The number of aliphatic carboxylic acids is 2. The third-order valence-corrected chi connectivity index (χ3v) is 2.86. The molecule has 3 N–H and O–H groups in total. The van der Waals surface area contributed by atoms with Gasteiger partial charge in [0.15, 0.2) is 0 Å². The van der Waals surface area contributed by atoms with Gasteiger partial charge in [-0.3, -0.25) is 9.59 Å². The molecule has 0 unspecified atom stereocenters. The lowest BCUT2D eigenvalue weighted by atomic mass is 10.2. The van der Waals surface area contributed by atoms with Crippen LogP contribution in [0.15, 0.2) is 18.2 Å². The molecule has 7 nitrogen and oxygen atoms in total. The Morgan fingerprint density at radius 3 is 2.25 bits per heavy atom. The van der Waals surface area contributed by atoms with Crippen LogP contribution in [0, 0.1) is 6.92 Å². The van der Waals surface area contributed by atoms with Crippen molar-refractivity contribution in [1.82, 2.24) is 4.90 Å². The van der Waals surface area contributed by atoms with E-state index < -0.39 is 31.1 Å². The van der Waals surface area contributed by atoms with E-state index in [-0.39, 0.29) is 0 Å². The Kier molecular flexibility index (Phi) is 5.33. The molecule has 1 aromatic rings. The van der Waals surface area contributed by atoms with Gasteiger partial charge in [-0.05, 0) is 24.6 Å². The minimum absolute atomic E-state index is 0.392. The summed E-state index contributed by atoms with van der Waals surface area (Å²) in [6.45, 7) is 0.256. The fourth-order valence-electron chi connectivity index (χ4n) is 1.46. The van der Waals surface area contributed by atoms with Crippen LogP contribution in [-0.4, -0.2) is 46.2 Å². The zero-order valence-electron chi connectivity index (χ0n) is 10.6. The smallest absolute Gasteiger partial charge is 0.323 e. The summed E-state index contributed by atoms with van der Waals surface area (Å²) in [6.07, 6.45) is 0. The summed E-state index contributed by atoms with van der Waals surface area (Å²) in [4.78, 5) is 33.8. The Bertz CT molecular complexity index is 531. The van der Waals surface area contributed by atoms with Crippen LogP contribution in [-0.2, 0) is 9.59 Å². The van der Waals surface area contributed by atoms with Crippen LogP contribution in [0.2, 0.25) is 5.02 Å². The average Bonchev–Trinajstić information content (AvgIpc) is 2.33. The number of hydrogen-bond donors (Lipinski definition) is 3. The van der Waals surface area contributed by atoms with Crippen LogP contribution in [0.5, 0.6) is 0 Å². The number of carbonyl (C=O) groups is 3. The number of benzene rings is 1. The van der Waals surface area contributed by atoms with Gasteiger partial charge in [0.2, 0.25) is 0 Å². The first-order valence-electron chi connectivity index (χ1n) is 5.56. The number of rotatable bonds is 5. The van der Waals surface area contributed by atoms with Crippen LogP contribution in [0.4, 0.5) is 10.5 Å². The fourth-order valence-corrected chi connectivity index (χ4v) is 1.64. The summed E-state index contributed by atoms with van der Waals surface area (Å²) in [6, 6.07) is 4.02. The lowest BCUT2D eigenvalue weighted by molar-refractivity contribution is -0.140. The van der Waals surface area contributed by atoms with E-state index in [2.05, 4.69) is 5.32 Å². The van der Waals surface area contributed by atoms with Gasteiger partial charge in [0.1, 0.15) is 13.1 Å². The molecule has 0 saturated carbocycles. The van der Waals surface area contributed by atoms with E-state index in [1.807, 2.05) is 0 Å². The highest BCUT2D eigenvalue weighted by Gasteiger charge is 2.20. The Hall–Kier alpha value is -2.28. The van der Waals surface area contributed by atoms with Gasteiger partial charge in [0.25, 0.3) is 0 Å². The highest BCUT2D eigenvalue weighted by molar-refractivity contribution is 6.31. The number of carboxylic acid groups (broad SMARTS) is 2. The second kappa shape index (κ2) is 6.76. The average molecular weight is 301 g/mol. The predicted octanol–water partition coefficient (Wildman–Crippen LogP) is 1.65. The molecular formula is C12H13ClN2O5. The van der Waals surface area contributed by atoms with E-state index in [9.17, 15) is 14.4 Å². The zero-order chi connectivity index (χ0) is 15.3. The van der Waals surface area contributed by atoms with Gasteiger partial charge >= 0.3 is 18.0 Å². The molecule has 0 heterocycles. The molecular weight excluding hydrogens is 288 g/mol. The number of carboxylic acids is 2. The van der Waals surface area contributed by atoms with Crippen LogP contribution < -0.4 is 5.32 Å². The van der Waals surface area contributed by atoms with Crippen LogP contribution in [0.25, 0.3) is 0 Å². The zero-order valence-corrected chi connectivity index (χ0v) is 11.3. The lowest BCUT2D eigenvalue weighted by Crippen LogP contribution is -2.42. The minimum atomic E-state index is -1.30. The molecule has 0 atom stereocenters. The van der Waals surface area contributed by atoms with Gasteiger partial charge in [-0.15, -0.1) is 0 Å². The maximum Gasteiger partial charge on any atom is 0.323 e. The standard InChI is InChI=1S/C12H13ClN2O5/c1-7-8(13)3-2-4-9(7)14-12(20)15(5-10(16)17)6-11(18)19/h2-4H,5-6H2,1H3,(H,14,20)(H,16,17)(H,18,19). The van der Waals surface area contributed by atoms with E-state index in [0.29, 0.717) is 21.2 Å². The minimum Gasteiger partial charge on any atom is -0.480 e. The molecule has 20 heavy (non-hydrogen) atoms. The van der Waals surface area contributed by atoms with Crippen molar-refractivity contribution < 1.29 is 24.6 Å². The Balaban J connectivity index is 2.87. The summed E-state index contributed by atoms with van der Waals surface area (Å²) in [5.41, 5.74) is 0.997. The molecule has 0 bridgehead atoms. The third kappa shape index (κ3) is 4.43. The van der Waals surface area contributed by atoms with Crippen LogP contribution in [0.3, 0.4) is 0 Å². The van der Waals surface area contributed by atoms with Crippen LogP contribution in [0.1, 0.15) is 5.56 Å². The summed E-state index contributed by atoms with van der Waals surface area (Å²) in [5.74, 6) is -2.60. The second-order valence-corrected chi connectivity index (χ2v) is 4.39. The molecule has 108 valence electrons. The number of anilines is 1. The molecule has 1 aromatic carbocycles. The van der Waals surface area contributed by atoms with Gasteiger partial charge < -0.3 is 20.4 Å². The summed E-state index contributed by atoms with van der Waals surface area (Å²) in [7, 11) is 0. The number of halogens is 1. The molecule has 0 radical (unpaired) electrons. The van der Waals surface area contributed by atoms with Gasteiger partial charge in [-0.1, -0.05) is 17.7 Å². The van der Waals surface area contributed by atoms with E-state index >= 15 is 0 Å². The number of nitrogens with one attached hydrogen (secondary N) is 1. The quantitative estimate of drug-likeness (QED) is 0.766. The molecule has 8 heteroatoms. The summed E-state index contributed by atoms with van der Waals surface area (Å²) < 4.78 is 0. The second-order valence-electron chi connectivity index (χ2n) is 3.99. The van der Waals surface area contributed by atoms with Gasteiger partial charge in [0.05, 0.1) is 0 Å². The van der Waals surface area contributed by atoms with Crippen molar-refractivity contribution in [3.05, 3.63) is 28.8 Å². The Morgan fingerprint density at radius 2 is 1.75 bits per heavy atom. The third-order valence-electron chi connectivity index (χ3n) is 2.45. The number of carbonyl (C=O) groups excluding carboxylic acids is 1. The molecule has 2 amide bonds. The first kappa shape index (κ1) is 15.8. The van der Waals surface area contributed by atoms with Gasteiger partial charge in [-0.25, -0.2) is 4.79 Å². The molecule has 1 rings (SSSR count). The SMILES string of the molecule is Cc1c(Cl)cccc1NC(=O)N(CC(=O)O)CC(=O)O. The van der Waals surface area contributed by atoms with E-state index in [0.717, 1.165) is 0 Å². The van der Waals surface area contributed by atoms with Crippen molar-refractivity contribution in [2.24, 2.45) is 0 Å². The number of nitrogens with zero attached hydrogens (tertiary/aromatic N) is 1. The molecule has 0 aliphatic carbocycles. The lowest BCUT2D eigenvalue weighted by Gasteiger charge is -2.20. The summed E-state index contributed by atoms with van der Waals surface area (Å²) in [5, 5.41) is 20.2. The Labute approximate surface area is 119 Å². The van der Waals surface area contributed by atoms with Crippen molar-refractivity contribution in [1.29, 1.82) is 0 Å². The fraction of sp³-hybridized carbons (Fsp3) is 0.250. The number of urea groups is 1. The Morgan fingerprint density at radius 1 is 1.20 bits per heavy atom. The maximum absolute atomic E-state index is 11.9. The molecule has 0 aliphatic heterocycles. The number of amides is 2.